The van der Waals surface area contributed by atoms with Crippen molar-refractivity contribution in [1.82, 2.24) is 4.90 Å². The van der Waals surface area contributed by atoms with Crippen molar-refractivity contribution in [1.29, 1.82) is 0 Å². The number of carbonyl (C=O) groups is 2. The third kappa shape index (κ3) is 2.11. The lowest BCUT2D eigenvalue weighted by Gasteiger charge is -2.52. The van der Waals surface area contributed by atoms with Crippen LogP contribution in [0.25, 0.3) is 0 Å². The Morgan fingerprint density at radius 2 is 1.85 bits per heavy atom. The predicted molar refractivity (Wildman–Crippen MR) is 82.2 cm³/mol. The summed E-state index contributed by atoms with van der Waals surface area (Å²) in [5, 5.41) is -1.08. The molecule has 0 unspecified atom stereocenters. The molecule has 0 N–H and O–H groups in total. The molecule has 0 bridgehead atoms. The molecule has 0 aromatic heterocycles. The number of nitrogens with zero attached hydrogens (tertiary/aromatic N) is 1. The van der Waals surface area contributed by atoms with Gasteiger partial charge < -0.3 is 0 Å². The minimum Gasteiger partial charge on any atom is -0.292 e. The number of sulfone groups is 1. The molecule has 2 aliphatic rings. The minimum absolute atomic E-state index is 0.211. The van der Waals surface area contributed by atoms with Crippen LogP contribution in [0.1, 0.15) is 27.7 Å². The van der Waals surface area contributed by atoms with E-state index in [0.29, 0.717) is 5.57 Å². The number of hydrogen-bond donors (Lipinski definition) is 0. The molecule has 0 aliphatic carbocycles. The SMILES string of the molecule is CC1=C(C(=O)C(C)(C)C)N2C(=O)C(Br)(Br)[C@H]2S(=O)(=O)C1. The first-order valence-electron chi connectivity index (χ1n) is 5.99. The largest absolute Gasteiger partial charge is 0.292 e. The molecule has 1 saturated heterocycles. The van der Waals surface area contributed by atoms with Crippen LogP contribution < -0.4 is 0 Å². The molecule has 0 radical (unpaired) electrons. The van der Waals surface area contributed by atoms with Crippen molar-refractivity contribution in [2.24, 2.45) is 5.41 Å². The summed E-state index contributed by atoms with van der Waals surface area (Å²) in [5.74, 6) is -0.895. The standard InChI is InChI=1S/C12H15Br2NO4S/c1-6-5-20(18,19)10-12(13,14)9(17)15(10)7(6)8(16)11(2,3)4/h10H,5H2,1-4H3/t10-/m1/s1. The second-order valence-corrected chi connectivity index (χ2v) is 11.8. The number of allylic oxidation sites excluding steroid dienone is 1. The van der Waals surface area contributed by atoms with E-state index < -0.39 is 29.8 Å². The average molecular weight is 429 g/mol. The Balaban J connectivity index is 2.60. The summed E-state index contributed by atoms with van der Waals surface area (Å²) < 4.78 is 23.1. The Labute approximate surface area is 134 Å². The molecule has 8 heteroatoms. The van der Waals surface area contributed by atoms with E-state index in [1.54, 1.807) is 27.7 Å². The first kappa shape index (κ1) is 16.2. The van der Waals surface area contributed by atoms with Gasteiger partial charge in [-0.3, -0.25) is 14.5 Å². The molecule has 0 aromatic carbocycles. The van der Waals surface area contributed by atoms with Gasteiger partial charge in [-0.05, 0) is 12.5 Å². The molecule has 0 aromatic rings. The maximum Gasteiger partial charge on any atom is 0.259 e. The highest BCUT2D eigenvalue weighted by Gasteiger charge is 2.67. The van der Waals surface area contributed by atoms with Crippen molar-refractivity contribution in [2.45, 2.75) is 36.3 Å². The normalized spacial score (nSPS) is 28.0. The van der Waals surface area contributed by atoms with Gasteiger partial charge in [-0.2, -0.15) is 0 Å². The first-order valence-corrected chi connectivity index (χ1v) is 9.29. The number of carbonyl (C=O) groups excluding carboxylic acids is 2. The zero-order chi connectivity index (χ0) is 15.7. The summed E-state index contributed by atoms with van der Waals surface area (Å²) in [6, 6.07) is 0. The summed E-state index contributed by atoms with van der Waals surface area (Å²) in [6.45, 7) is 6.82. The van der Waals surface area contributed by atoms with Crippen LogP contribution in [-0.2, 0) is 19.4 Å². The van der Waals surface area contributed by atoms with Gasteiger partial charge in [0.15, 0.2) is 24.2 Å². The number of alkyl halides is 2. The second kappa shape index (κ2) is 4.39. The highest BCUT2D eigenvalue weighted by molar-refractivity contribution is 9.26. The van der Waals surface area contributed by atoms with Crippen LogP contribution in [0.5, 0.6) is 0 Å². The second-order valence-electron chi connectivity index (χ2n) is 6.17. The fourth-order valence-corrected chi connectivity index (χ4v) is 6.86. The van der Waals surface area contributed by atoms with Crippen molar-refractivity contribution in [3.8, 4) is 0 Å². The van der Waals surface area contributed by atoms with Crippen LogP contribution in [-0.4, -0.2) is 39.4 Å². The summed E-state index contributed by atoms with van der Waals surface area (Å²) in [5.41, 5.74) is -0.0405. The van der Waals surface area contributed by atoms with E-state index >= 15 is 0 Å². The zero-order valence-electron chi connectivity index (χ0n) is 11.5. The summed E-state index contributed by atoms with van der Waals surface area (Å²) in [7, 11) is -3.52. The van der Waals surface area contributed by atoms with E-state index in [0.717, 1.165) is 4.90 Å². The third-order valence-corrected chi connectivity index (χ3v) is 7.58. The fraction of sp³-hybridized carbons (Fsp3) is 0.667. The summed E-state index contributed by atoms with van der Waals surface area (Å²) in [6.07, 6.45) is 0. The number of halogens is 2. The van der Waals surface area contributed by atoms with Gasteiger partial charge in [0.1, 0.15) is 0 Å². The number of amides is 1. The molecule has 5 nitrogen and oxygen atoms in total. The number of rotatable bonds is 1. The van der Waals surface area contributed by atoms with Crippen LogP contribution in [0.3, 0.4) is 0 Å². The van der Waals surface area contributed by atoms with Gasteiger partial charge >= 0.3 is 0 Å². The van der Waals surface area contributed by atoms with Gasteiger partial charge in [0.2, 0.25) is 0 Å². The molecular weight excluding hydrogens is 414 g/mol. The van der Waals surface area contributed by atoms with E-state index in [1.807, 2.05) is 0 Å². The van der Waals surface area contributed by atoms with E-state index in [1.165, 1.54) is 0 Å². The number of β-lactam (4-membered cyclic amide) rings is 1. The van der Waals surface area contributed by atoms with E-state index in [2.05, 4.69) is 31.9 Å². The Morgan fingerprint density at radius 3 is 2.30 bits per heavy atom. The van der Waals surface area contributed by atoms with Gasteiger partial charge in [-0.15, -0.1) is 0 Å². The van der Waals surface area contributed by atoms with Crippen LogP contribution in [0.2, 0.25) is 0 Å². The Morgan fingerprint density at radius 1 is 1.35 bits per heavy atom. The molecule has 112 valence electrons. The number of ketones is 1. The molecule has 1 fully saturated rings. The molecule has 1 atom stereocenters. The summed E-state index contributed by atoms with van der Waals surface area (Å²) >= 11 is 6.21. The van der Waals surface area contributed by atoms with Crippen LogP contribution in [0, 0.1) is 5.41 Å². The lowest BCUT2D eigenvalue weighted by atomic mass is 9.86. The third-order valence-electron chi connectivity index (χ3n) is 3.35. The molecule has 0 saturated carbocycles. The highest BCUT2D eigenvalue weighted by Crippen LogP contribution is 2.52. The molecule has 0 spiro atoms. The highest BCUT2D eigenvalue weighted by atomic mass is 79.9. The smallest absolute Gasteiger partial charge is 0.259 e. The van der Waals surface area contributed by atoms with E-state index in [4.69, 9.17) is 0 Å². The van der Waals surface area contributed by atoms with Gasteiger partial charge in [0, 0.05) is 5.41 Å². The Kier molecular flexibility index (Phi) is 3.55. The molecule has 2 rings (SSSR count). The van der Waals surface area contributed by atoms with Crippen molar-refractivity contribution >= 4 is 53.4 Å². The minimum atomic E-state index is -3.52. The maximum absolute atomic E-state index is 12.5. The van der Waals surface area contributed by atoms with Gasteiger partial charge in [0.25, 0.3) is 5.91 Å². The number of Topliss-reactive ketones (excluding diaryl/α,β-unsaturated/α-hetero) is 1. The maximum atomic E-state index is 12.5. The quantitative estimate of drug-likeness (QED) is 0.472. The van der Waals surface area contributed by atoms with Crippen molar-refractivity contribution in [3.05, 3.63) is 11.3 Å². The monoisotopic (exact) mass is 427 g/mol. The average Bonchev–Trinajstić information content (AvgIpc) is 2.23. The van der Waals surface area contributed by atoms with E-state index in [-0.39, 0.29) is 17.2 Å². The molecule has 20 heavy (non-hydrogen) atoms. The molecule has 2 heterocycles. The van der Waals surface area contributed by atoms with Gasteiger partial charge in [-0.25, -0.2) is 8.42 Å². The van der Waals surface area contributed by atoms with Crippen molar-refractivity contribution in [2.75, 3.05) is 5.75 Å². The van der Waals surface area contributed by atoms with E-state index in [9.17, 15) is 18.0 Å². The van der Waals surface area contributed by atoms with Crippen molar-refractivity contribution in [3.63, 3.8) is 0 Å². The molecular formula is C12H15Br2NO4S. The van der Waals surface area contributed by atoms with Crippen LogP contribution in [0.4, 0.5) is 0 Å². The predicted octanol–water partition coefficient (Wildman–Crippen LogP) is 1.96. The first-order chi connectivity index (χ1) is 8.82. The van der Waals surface area contributed by atoms with Gasteiger partial charge in [0.05, 0.1) is 11.4 Å². The molecule has 2 aliphatic heterocycles. The van der Waals surface area contributed by atoms with Crippen molar-refractivity contribution < 1.29 is 18.0 Å². The lowest BCUT2D eigenvalue weighted by molar-refractivity contribution is -0.142. The Bertz CT molecular complexity index is 643. The Hall–Kier alpha value is -0.210. The zero-order valence-corrected chi connectivity index (χ0v) is 15.5. The van der Waals surface area contributed by atoms with Gasteiger partial charge in [-0.1, -0.05) is 52.6 Å². The van der Waals surface area contributed by atoms with Crippen LogP contribution >= 0.6 is 31.9 Å². The number of hydrogen-bond acceptors (Lipinski definition) is 4. The molecule has 1 amide bonds. The summed E-state index contributed by atoms with van der Waals surface area (Å²) in [4.78, 5) is 25.8. The lowest BCUT2D eigenvalue weighted by Crippen LogP contribution is -2.72. The topological polar surface area (TPSA) is 71.5 Å². The number of fused-ring (bicyclic) bond motifs is 1. The fourth-order valence-electron chi connectivity index (χ4n) is 2.39. The van der Waals surface area contributed by atoms with Crippen LogP contribution in [0.15, 0.2) is 11.3 Å².